The Morgan fingerprint density at radius 2 is 1.50 bits per heavy atom. The fraction of sp³-hybridized carbons (Fsp3) is 0.273. The highest BCUT2D eigenvalue weighted by Crippen LogP contribution is 2.38. The Kier molecular flexibility index (Phi) is 7.21. The quantitative estimate of drug-likeness (QED) is 0.391. The number of benzene rings is 2. The van der Waals surface area contributed by atoms with Gasteiger partial charge in [-0.05, 0) is 37.6 Å². The fourth-order valence-corrected chi connectivity index (χ4v) is 2.58. The zero-order valence-corrected chi connectivity index (χ0v) is 16.6. The van der Waals surface area contributed by atoms with Crippen molar-refractivity contribution in [1.29, 1.82) is 0 Å². The van der Waals surface area contributed by atoms with Gasteiger partial charge in [0.05, 0.1) is 21.3 Å². The molecule has 6 nitrogen and oxygen atoms in total. The predicted molar refractivity (Wildman–Crippen MR) is 106 cm³/mol. The topological polar surface area (TPSA) is 71.1 Å². The van der Waals surface area contributed by atoms with Crippen LogP contribution in [0.4, 0.5) is 0 Å². The van der Waals surface area contributed by atoms with Gasteiger partial charge in [0.15, 0.2) is 17.6 Å². The first-order valence-electron chi connectivity index (χ1n) is 8.69. The van der Waals surface area contributed by atoms with Gasteiger partial charge in [0.25, 0.3) is 0 Å². The monoisotopic (exact) mass is 384 g/mol. The summed E-state index contributed by atoms with van der Waals surface area (Å²) < 4.78 is 21.0. The highest BCUT2D eigenvalue weighted by Gasteiger charge is 2.18. The van der Waals surface area contributed by atoms with Crippen LogP contribution in [0.5, 0.6) is 17.2 Å². The first-order valence-corrected chi connectivity index (χ1v) is 8.69. The summed E-state index contributed by atoms with van der Waals surface area (Å²) in [4.78, 5) is 24.5. The van der Waals surface area contributed by atoms with Crippen LogP contribution in [0.25, 0.3) is 6.08 Å². The summed E-state index contributed by atoms with van der Waals surface area (Å²) in [5, 5.41) is 0. The average Bonchev–Trinajstić information content (AvgIpc) is 2.71. The number of hydrogen-bond donors (Lipinski definition) is 0. The van der Waals surface area contributed by atoms with E-state index in [2.05, 4.69) is 0 Å². The lowest BCUT2D eigenvalue weighted by molar-refractivity contribution is -0.140. The van der Waals surface area contributed by atoms with E-state index in [-0.39, 0.29) is 5.78 Å². The summed E-state index contributed by atoms with van der Waals surface area (Å²) in [6, 6.07) is 10.5. The highest BCUT2D eigenvalue weighted by atomic mass is 16.5. The molecule has 148 valence electrons. The lowest BCUT2D eigenvalue weighted by Gasteiger charge is -2.13. The molecule has 0 N–H and O–H groups in total. The molecule has 0 heterocycles. The third kappa shape index (κ3) is 5.13. The Morgan fingerprint density at radius 1 is 0.929 bits per heavy atom. The maximum atomic E-state index is 12.4. The van der Waals surface area contributed by atoms with Crippen molar-refractivity contribution in [3.8, 4) is 17.2 Å². The van der Waals surface area contributed by atoms with Gasteiger partial charge in [-0.25, -0.2) is 4.79 Å². The maximum absolute atomic E-state index is 12.4. The summed E-state index contributed by atoms with van der Waals surface area (Å²) in [7, 11) is 4.54. The predicted octanol–water partition coefficient (Wildman–Crippen LogP) is 3.85. The summed E-state index contributed by atoms with van der Waals surface area (Å²) in [5.41, 5.74) is 2.21. The molecule has 2 aromatic carbocycles. The lowest BCUT2D eigenvalue weighted by atomic mass is 10.1. The molecule has 0 fully saturated rings. The van der Waals surface area contributed by atoms with Crippen molar-refractivity contribution in [2.45, 2.75) is 20.0 Å². The molecule has 0 radical (unpaired) electrons. The van der Waals surface area contributed by atoms with Crippen molar-refractivity contribution in [2.75, 3.05) is 21.3 Å². The summed E-state index contributed by atoms with van der Waals surface area (Å²) in [5.74, 6) is 0.522. The van der Waals surface area contributed by atoms with Gasteiger partial charge in [-0.2, -0.15) is 0 Å². The van der Waals surface area contributed by atoms with E-state index in [4.69, 9.17) is 18.9 Å². The van der Waals surface area contributed by atoms with Crippen LogP contribution >= 0.6 is 0 Å². The van der Waals surface area contributed by atoms with Gasteiger partial charge in [0.2, 0.25) is 11.5 Å². The van der Waals surface area contributed by atoms with Gasteiger partial charge < -0.3 is 18.9 Å². The Balaban J connectivity index is 2.08. The summed E-state index contributed by atoms with van der Waals surface area (Å²) in [6.45, 7) is 3.49. The molecule has 0 amide bonds. The standard InChI is InChI=1S/C22H24O6/c1-14-6-9-17(10-7-14)21(24)15(2)28-20(23)11-8-16-12-18(25-3)22(27-5)19(13-16)26-4/h6-13,15H,1-5H3/b11-8+/t15-/m0/s1. The average molecular weight is 384 g/mol. The van der Waals surface area contributed by atoms with Gasteiger partial charge in [-0.15, -0.1) is 0 Å². The SMILES string of the molecule is COc1cc(/C=C/C(=O)O[C@@H](C)C(=O)c2ccc(C)cc2)cc(OC)c1OC. The fourth-order valence-electron chi connectivity index (χ4n) is 2.58. The van der Waals surface area contributed by atoms with Gasteiger partial charge in [0.1, 0.15) is 0 Å². The van der Waals surface area contributed by atoms with E-state index in [1.807, 2.05) is 19.1 Å². The second-order valence-corrected chi connectivity index (χ2v) is 6.10. The van der Waals surface area contributed by atoms with Crippen molar-refractivity contribution < 1.29 is 28.5 Å². The third-order valence-electron chi connectivity index (χ3n) is 4.10. The molecule has 6 heteroatoms. The van der Waals surface area contributed by atoms with Crippen molar-refractivity contribution in [1.82, 2.24) is 0 Å². The molecule has 0 spiro atoms. The molecule has 0 saturated heterocycles. The van der Waals surface area contributed by atoms with Gasteiger partial charge in [0, 0.05) is 11.6 Å². The minimum Gasteiger partial charge on any atom is -0.493 e. The smallest absolute Gasteiger partial charge is 0.331 e. The van der Waals surface area contributed by atoms with Crippen LogP contribution < -0.4 is 14.2 Å². The molecular formula is C22H24O6. The molecule has 28 heavy (non-hydrogen) atoms. The molecule has 1 atom stereocenters. The number of aryl methyl sites for hydroxylation is 1. The van der Waals surface area contributed by atoms with Gasteiger partial charge >= 0.3 is 5.97 Å². The number of ketones is 1. The van der Waals surface area contributed by atoms with Crippen molar-refractivity contribution in [3.63, 3.8) is 0 Å². The van der Waals surface area contributed by atoms with E-state index in [1.54, 1.807) is 37.3 Å². The molecule has 0 unspecified atom stereocenters. The zero-order chi connectivity index (χ0) is 20.7. The molecule has 0 bridgehead atoms. The van der Waals surface area contributed by atoms with Crippen LogP contribution in [0.2, 0.25) is 0 Å². The third-order valence-corrected chi connectivity index (χ3v) is 4.10. The number of esters is 1. The Labute approximate surface area is 164 Å². The van der Waals surface area contributed by atoms with E-state index in [0.29, 0.717) is 28.4 Å². The minimum absolute atomic E-state index is 0.255. The number of carbonyl (C=O) groups excluding carboxylic acids is 2. The van der Waals surface area contributed by atoms with Crippen LogP contribution in [-0.2, 0) is 9.53 Å². The van der Waals surface area contributed by atoms with E-state index in [1.165, 1.54) is 27.4 Å². The van der Waals surface area contributed by atoms with Crippen LogP contribution in [0, 0.1) is 6.92 Å². The van der Waals surface area contributed by atoms with E-state index in [0.717, 1.165) is 5.56 Å². The van der Waals surface area contributed by atoms with Crippen molar-refractivity contribution in [3.05, 3.63) is 59.2 Å². The van der Waals surface area contributed by atoms with Crippen LogP contribution in [-0.4, -0.2) is 39.2 Å². The van der Waals surface area contributed by atoms with Crippen LogP contribution in [0.1, 0.15) is 28.4 Å². The molecule has 0 aromatic heterocycles. The maximum Gasteiger partial charge on any atom is 0.331 e. The summed E-state index contributed by atoms with van der Waals surface area (Å²) in [6.07, 6.45) is 1.91. The van der Waals surface area contributed by atoms with Crippen LogP contribution in [0.3, 0.4) is 0 Å². The largest absolute Gasteiger partial charge is 0.493 e. The van der Waals surface area contributed by atoms with Crippen molar-refractivity contribution in [2.24, 2.45) is 0 Å². The molecule has 2 rings (SSSR count). The Morgan fingerprint density at radius 3 is 2.00 bits per heavy atom. The molecule has 0 aliphatic carbocycles. The highest BCUT2D eigenvalue weighted by molar-refractivity contribution is 6.01. The number of ether oxygens (including phenoxy) is 4. The summed E-state index contributed by atoms with van der Waals surface area (Å²) >= 11 is 0. The lowest BCUT2D eigenvalue weighted by Crippen LogP contribution is -2.23. The normalized spacial score (nSPS) is 11.8. The Bertz CT molecular complexity index is 842. The molecule has 0 aliphatic rings. The van der Waals surface area contributed by atoms with E-state index < -0.39 is 12.1 Å². The second-order valence-electron chi connectivity index (χ2n) is 6.10. The van der Waals surface area contributed by atoms with Crippen molar-refractivity contribution >= 4 is 17.8 Å². The number of hydrogen-bond acceptors (Lipinski definition) is 6. The second kappa shape index (κ2) is 9.60. The van der Waals surface area contributed by atoms with Crippen LogP contribution in [0.15, 0.2) is 42.5 Å². The van der Waals surface area contributed by atoms with Gasteiger partial charge in [-0.3, -0.25) is 4.79 Å². The molecular weight excluding hydrogens is 360 g/mol. The van der Waals surface area contributed by atoms with E-state index in [9.17, 15) is 9.59 Å². The first kappa shape index (κ1) is 21.0. The number of carbonyl (C=O) groups is 2. The van der Waals surface area contributed by atoms with E-state index >= 15 is 0 Å². The zero-order valence-electron chi connectivity index (χ0n) is 16.6. The Hall–Kier alpha value is -3.28. The number of rotatable bonds is 8. The van der Waals surface area contributed by atoms with Gasteiger partial charge in [-0.1, -0.05) is 29.8 Å². The number of Topliss-reactive ketones (excluding diaryl/α,β-unsaturated/α-hetero) is 1. The molecule has 0 saturated carbocycles. The number of methoxy groups -OCH3 is 3. The molecule has 0 aliphatic heterocycles. The first-order chi connectivity index (χ1) is 13.4. The molecule has 2 aromatic rings. The minimum atomic E-state index is -0.889.